The zero-order chi connectivity index (χ0) is 19.3. The third-order valence-corrected chi connectivity index (χ3v) is 6.66. The van der Waals surface area contributed by atoms with Gasteiger partial charge in [-0.05, 0) is 73.4 Å². The third kappa shape index (κ3) is 2.88. The van der Waals surface area contributed by atoms with E-state index in [1.54, 1.807) is 0 Å². The number of aromatic nitrogens is 1. The molecule has 2 aromatic carbocycles. The molecule has 0 unspecified atom stereocenters. The minimum absolute atomic E-state index is 0.163. The number of fused-ring (bicyclic) bond motifs is 6. The Labute approximate surface area is 165 Å². The lowest BCUT2D eigenvalue weighted by atomic mass is 9.81. The molecular weight excluding hydrogens is 348 g/mol. The quantitative estimate of drug-likeness (QED) is 0.668. The van der Waals surface area contributed by atoms with E-state index in [2.05, 4.69) is 36.3 Å². The van der Waals surface area contributed by atoms with Crippen LogP contribution in [0, 0.1) is 19.8 Å². The van der Waals surface area contributed by atoms with Crippen molar-refractivity contribution in [2.75, 3.05) is 0 Å². The fourth-order valence-corrected chi connectivity index (χ4v) is 5.14. The molecule has 2 aliphatic rings. The van der Waals surface area contributed by atoms with Gasteiger partial charge in [-0.25, -0.2) is 4.79 Å². The fraction of sp³-hybridized carbons (Fsp3) is 0.375. The molecule has 1 saturated carbocycles. The number of aromatic amines is 1. The SMILES string of the molecule is Cc1cc2[nH]c3c(c2cc1C)[C@H]1CC[C@@H](C3)[C@H]1NC(=O)OCc1ccccc1. The van der Waals surface area contributed by atoms with Crippen molar-refractivity contribution in [3.8, 4) is 0 Å². The van der Waals surface area contributed by atoms with E-state index in [0.29, 0.717) is 18.4 Å². The number of nitrogens with one attached hydrogen (secondary N) is 2. The van der Waals surface area contributed by atoms with Crippen LogP contribution in [-0.2, 0) is 17.8 Å². The summed E-state index contributed by atoms with van der Waals surface area (Å²) < 4.78 is 5.49. The topological polar surface area (TPSA) is 54.1 Å². The lowest BCUT2D eigenvalue weighted by molar-refractivity contribution is 0.131. The predicted molar refractivity (Wildman–Crippen MR) is 110 cm³/mol. The van der Waals surface area contributed by atoms with Crippen molar-refractivity contribution in [1.29, 1.82) is 0 Å². The molecule has 3 aromatic rings. The van der Waals surface area contributed by atoms with Crippen molar-refractivity contribution in [3.63, 3.8) is 0 Å². The number of hydrogen-bond acceptors (Lipinski definition) is 2. The Bertz CT molecular complexity index is 1040. The Morgan fingerprint density at radius 3 is 2.75 bits per heavy atom. The van der Waals surface area contributed by atoms with Crippen LogP contribution >= 0.6 is 0 Å². The Morgan fingerprint density at radius 2 is 1.93 bits per heavy atom. The van der Waals surface area contributed by atoms with E-state index < -0.39 is 0 Å². The molecule has 3 atom stereocenters. The molecule has 28 heavy (non-hydrogen) atoms. The van der Waals surface area contributed by atoms with Gasteiger partial charge in [0.05, 0.1) is 0 Å². The van der Waals surface area contributed by atoms with Gasteiger partial charge in [-0.3, -0.25) is 0 Å². The lowest BCUT2D eigenvalue weighted by Gasteiger charge is -2.31. The lowest BCUT2D eigenvalue weighted by Crippen LogP contribution is -2.43. The van der Waals surface area contributed by atoms with Gasteiger partial charge >= 0.3 is 6.09 Å². The highest BCUT2D eigenvalue weighted by Gasteiger charge is 2.44. The Kier molecular flexibility index (Phi) is 4.15. The Morgan fingerprint density at radius 1 is 1.14 bits per heavy atom. The average Bonchev–Trinajstić information content (AvgIpc) is 3.16. The second-order valence-electron chi connectivity index (χ2n) is 8.38. The largest absolute Gasteiger partial charge is 0.445 e. The van der Waals surface area contributed by atoms with Crippen molar-refractivity contribution >= 4 is 17.0 Å². The summed E-state index contributed by atoms with van der Waals surface area (Å²) in [5.74, 6) is 0.853. The summed E-state index contributed by atoms with van der Waals surface area (Å²) in [5.41, 5.74) is 7.65. The Hall–Kier alpha value is -2.75. The second kappa shape index (κ2) is 6.69. The van der Waals surface area contributed by atoms with Crippen LogP contribution in [0.5, 0.6) is 0 Å². The number of rotatable bonds is 3. The summed E-state index contributed by atoms with van der Waals surface area (Å²) >= 11 is 0. The molecule has 4 heteroatoms. The van der Waals surface area contributed by atoms with Crippen LogP contribution in [0.2, 0.25) is 0 Å². The van der Waals surface area contributed by atoms with E-state index in [9.17, 15) is 4.79 Å². The van der Waals surface area contributed by atoms with Crippen LogP contribution in [-0.4, -0.2) is 17.1 Å². The van der Waals surface area contributed by atoms with Gasteiger partial charge in [0.1, 0.15) is 6.61 Å². The molecule has 1 aromatic heterocycles. The predicted octanol–water partition coefficient (Wildman–Crippen LogP) is 5.13. The molecule has 0 aliphatic heterocycles. The van der Waals surface area contributed by atoms with Gasteiger partial charge in [0, 0.05) is 28.6 Å². The number of H-pyrrole nitrogens is 1. The van der Waals surface area contributed by atoms with Gasteiger partial charge in [0.2, 0.25) is 0 Å². The number of ether oxygens (including phenoxy) is 1. The smallest absolute Gasteiger partial charge is 0.407 e. The van der Waals surface area contributed by atoms with Crippen molar-refractivity contribution in [2.24, 2.45) is 5.92 Å². The first kappa shape index (κ1) is 17.4. The van der Waals surface area contributed by atoms with E-state index >= 15 is 0 Å². The van der Waals surface area contributed by atoms with Gasteiger partial charge in [-0.15, -0.1) is 0 Å². The zero-order valence-corrected chi connectivity index (χ0v) is 16.4. The Balaban J connectivity index is 1.37. The number of aryl methyl sites for hydroxylation is 2. The summed E-state index contributed by atoms with van der Waals surface area (Å²) in [4.78, 5) is 16.1. The first-order chi connectivity index (χ1) is 13.6. The normalized spacial score (nSPS) is 22.9. The highest BCUT2D eigenvalue weighted by atomic mass is 16.5. The molecule has 4 nitrogen and oxygen atoms in total. The van der Waals surface area contributed by atoms with Crippen molar-refractivity contribution in [3.05, 3.63) is 70.4 Å². The average molecular weight is 374 g/mol. The number of carbonyl (C=O) groups excluding carboxylic acids is 1. The number of alkyl carbamates (subject to hydrolysis) is 1. The van der Waals surface area contributed by atoms with Gasteiger partial charge in [0.25, 0.3) is 0 Å². The minimum Gasteiger partial charge on any atom is -0.445 e. The highest BCUT2D eigenvalue weighted by molar-refractivity contribution is 5.87. The van der Waals surface area contributed by atoms with Crippen LogP contribution in [0.25, 0.3) is 10.9 Å². The molecule has 0 saturated heterocycles. The zero-order valence-electron chi connectivity index (χ0n) is 16.4. The van der Waals surface area contributed by atoms with E-state index in [0.717, 1.165) is 24.8 Å². The van der Waals surface area contributed by atoms with Crippen LogP contribution in [0.15, 0.2) is 42.5 Å². The maximum absolute atomic E-state index is 12.5. The highest BCUT2D eigenvalue weighted by Crippen LogP contribution is 2.49. The van der Waals surface area contributed by atoms with E-state index in [4.69, 9.17) is 4.74 Å². The summed E-state index contributed by atoms with van der Waals surface area (Å²) in [6.45, 7) is 4.64. The summed E-state index contributed by atoms with van der Waals surface area (Å²) in [5, 5.41) is 4.52. The molecule has 1 amide bonds. The molecule has 5 rings (SSSR count). The summed E-state index contributed by atoms with van der Waals surface area (Å²) in [7, 11) is 0. The molecule has 144 valence electrons. The van der Waals surface area contributed by atoms with Crippen molar-refractivity contribution < 1.29 is 9.53 Å². The van der Waals surface area contributed by atoms with Crippen LogP contribution in [0.3, 0.4) is 0 Å². The first-order valence-electron chi connectivity index (χ1n) is 10.2. The summed E-state index contributed by atoms with van der Waals surface area (Å²) in [6, 6.07) is 14.6. The third-order valence-electron chi connectivity index (χ3n) is 6.66. The minimum atomic E-state index is -0.305. The molecule has 2 bridgehead atoms. The number of amides is 1. The van der Waals surface area contributed by atoms with Crippen LogP contribution < -0.4 is 5.32 Å². The maximum Gasteiger partial charge on any atom is 0.407 e. The molecule has 0 radical (unpaired) electrons. The van der Waals surface area contributed by atoms with Crippen molar-refractivity contribution in [1.82, 2.24) is 10.3 Å². The van der Waals surface area contributed by atoms with E-state index in [1.807, 2.05) is 30.3 Å². The second-order valence-corrected chi connectivity index (χ2v) is 8.38. The fourth-order valence-electron chi connectivity index (χ4n) is 5.14. The van der Waals surface area contributed by atoms with E-state index in [-0.39, 0.29) is 12.1 Å². The maximum atomic E-state index is 12.5. The molecule has 2 aliphatic carbocycles. The summed E-state index contributed by atoms with van der Waals surface area (Å²) in [6.07, 6.45) is 2.98. The standard InChI is InChI=1S/C24H26N2O2/c1-14-10-19-20(11-15(14)2)25-21-12-17-8-9-18(22(19)21)23(17)26-24(27)28-13-16-6-4-3-5-7-16/h3-7,10-11,17-18,23,25H,8-9,12-13H2,1-2H3,(H,26,27)/t17-,18+,23+/m0/s1. The van der Waals surface area contributed by atoms with Crippen LogP contribution in [0.1, 0.15) is 46.7 Å². The monoisotopic (exact) mass is 374 g/mol. The first-order valence-corrected chi connectivity index (χ1v) is 10.2. The van der Waals surface area contributed by atoms with Crippen molar-refractivity contribution in [2.45, 2.75) is 51.7 Å². The van der Waals surface area contributed by atoms with Gasteiger partial charge in [-0.2, -0.15) is 0 Å². The number of hydrogen-bond donors (Lipinski definition) is 2. The molecule has 1 heterocycles. The van der Waals surface area contributed by atoms with E-state index in [1.165, 1.54) is 33.3 Å². The number of carbonyl (C=O) groups is 1. The molecule has 2 N–H and O–H groups in total. The van der Waals surface area contributed by atoms with Crippen LogP contribution in [0.4, 0.5) is 4.79 Å². The van der Waals surface area contributed by atoms with Gasteiger partial charge in [-0.1, -0.05) is 30.3 Å². The van der Waals surface area contributed by atoms with Gasteiger partial charge in [0.15, 0.2) is 0 Å². The molecule has 1 fully saturated rings. The van der Waals surface area contributed by atoms with Gasteiger partial charge < -0.3 is 15.0 Å². The molecular formula is C24H26N2O2. The number of benzene rings is 2. The molecule has 0 spiro atoms.